The van der Waals surface area contributed by atoms with E-state index in [0.717, 1.165) is 33.0 Å². The van der Waals surface area contributed by atoms with Gasteiger partial charge in [0.05, 0.1) is 15.8 Å². The van der Waals surface area contributed by atoms with E-state index >= 15 is 0 Å². The number of thiophene rings is 1. The van der Waals surface area contributed by atoms with Crippen LogP contribution in [0.25, 0.3) is 21.6 Å². The summed E-state index contributed by atoms with van der Waals surface area (Å²) in [6, 6.07) is 12.2. The number of pyridine rings is 2. The minimum Gasteiger partial charge on any atom is -0.366 e. The van der Waals surface area contributed by atoms with Crippen LogP contribution in [0.2, 0.25) is 0 Å². The lowest BCUT2D eigenvalue weighted by Crippen LogP contribution is -2.16. The summed E-state index contributed by atoms with van der Waals surface area (Å²) in [5.74, 6) is 1.64. The van der Waals surface area contributed by atoms with Gasteiger partial charge in [-0.2, -0.15) is 5.26 Å². The van der Waals surface area contributed by atoms with Crippen molar-refractivity contribution in [2.24, 2.45) is 0 Å². The molecule has 6 nitrogen and oxygen atoms in total. The molecule has 0 aromatic carbocycles. The normalized spacial score (nSPS) is 14.1. The van der Waals surface area contributed by atoms with E-state index in [9.17, 15) is 0 Å². The third-order valence-corrected chi connectivity index (χ3v) is 6.30. The van der Waals surface area contributed by atoms with Crippen LogP contribution in [0.3, 0.4) is 0 Å². The zero-order chi connectivity index (χ0) is 20.3. The number of nitrogens with one attached hydrogen (secondary N) is 1. The third-order valence-electron chi connectivity index (χ3n) is 5.39. The highest BCUT2D eigenvalue weighted by Gasteiger charge is 2.18. The van der Waals surface area contributed by atoms with Crippen molar-refractivity contribution >= 4 is 27.4 Å². The number of aromatic nitrogens is 4. The maximum absolute atomic E-state index is 8.93. The average Bonchev–Trinajstić information content (AvgIpc) is 3.46. The number of fused-ring (bicyclic) bond motifs is 1. The number of rotatable bonds is 5. The minimum absolute atomic E-state index is 0.494. The lowest BCUT2D eigenvalue weighted by atomic mass is 10.1. The molecule has 0 spiro atoms. The quantitative estimate of drug-likeness (QED) is 0.498. The molecule has 1 aliphatic carbocycles. The van der Waals surface area contributed by atoms with Crippen molar-refractivity contribution in [2.75, 3.05) is 5.32 Å². The smallest absolute Gasteiger partial charge is 0.162 e. The van der Waals surface area contributed by atoms with Gasteiger partial charge in [-0.25, -0.2) is 9.97 Å². The van der Waals surface area contributed by atoms with Crippen LogP contribution in [-0.4, -0.2) is 26.0 Å². The second-order valence-electron chi connectivity index (χ2n) is 7.52. The summed E-state index contributed by atoms with van der Waals surface area (Å²) in [5, 5.41) is 14.7. The Morgan fingerprint density at radius 2 is 1.97 bits per heavy atom. The van der Waals surface area contributed by atoms with E-state index in [2.05, 4.69) is 26.7 Å². The van der Waals surface area contributed by atoms with E-state index in [4.69, 9.17) is 15.2 Å². The molecule has 7 heteroatoms. The van der Waals surface area contributed by atoms with Gasteiger partial charge >= 0.3 is 0 Å². The molecule has 0 bridgehead atoms. The molecule has 5 rings (SSSR count). The van der Waals surface area contributed by atoms with Crippen molar-refractivity contribution in [1.82, 2.24) is 19.9 Å². The van der Waals surface area contributed by atoms with Gasteiger partial charge < -0.3 is 5.32 Å². The molecule has 148 valence electrons. The predicted molar refractivity (Wildman–Crippen MR) is 118 cm³/mol. The van der Waals surface area contributed by atoms with Crippen molar-refractivity contribution < 1.29 is 0 Å². The van der Waals surface area contributed by atoms with Crippen LogP contribution in [0.1, 0.15) is 42.6 Å². The number of nitriles is 1. The fourth-order valence-corrected chi connectivity index (χ4v) is 4.63. The Kier molecular flexibility index (Phi) is 5.08. The molecule has 30 heavy (non-hydrogen) atoms. The maximum atomic E-state index is 8.93. The van der Waals surface area contributed by atoms with Gasteiger partial charge in [0.15, 0.2) is 5.82 Å². The highest BCUT2D eigenvalue weighted by Crippen LogP contribution is 2.31. The number of anilines is 1. The molecule has 1 N–H and O–H groups in total. The van der Waals surface area contributed by atoms with Crippen LogP contribution in [-0.2, 0) is 6.42 Å². The summed E-state index contributed by atoms with van der Waals surface area (Å²) < 4.78 is 1.11. The van der Waals surface area contributed by atoms with Crippen LogP contribution >= 0.6 is 11.3 Å². The van der Waals surface area contributed by atoms with Gasteiger partial charge in [-0.15, -0.1) is 11.3 Å². The lowest BCUT2D eigenvalue weighted by Gasteiger charge is -2.14. The van der Waals surface area contributed by atoms with Gasteiger partial charge in [0.1, 0.15) is 11.9 Å². The first-order chi connectivity index (χ1) is 14.8. The molecule has 0 saturated heterocycles. The summed E-state index contributed by atoms with van der Waals surface area (Å²) in [4.78, 5) is 18.5. The first-order valence-electron chi connectivity index (χ1n) is 10.1. The largest absolute Gasteiger partial charge is 0.366 e. The molecule has 1 saturated carbocycles. The van der Waals surface area contributed by atoms with E-state index in [1.165, 1.54) is 25.7 Å². The van der Waals surface area contributed by atoms with E-state index in [1.807, 2.05) is 24.3 Å². The molecule has 0 unspecified atom stereocenters. The predicted octanol–water partition coefficient (Wildman–Crippen LogP) is 4.97. The van der Waals surface area contributed by atoms with Gasteiger partial charge in [0.25, 0.3) is 0 Å². The Hall–Kier alpha value is -3.37. The summed E-state index contributed by atoms with van der Waals surface area (Å²) in [6.45, 7) is 0. The molecule has 1 fully saturated rings. The first-order valence-corrected chi connectivity index (χ1v) is 11.0. The standard InChI is InChI=1S/C23H20N6S/c24-13-15-5-6-18(26-14-15)12-19-11-16(7-9-25-19)22-28-20-8-10-30-21(20)23(29-22)27-17-3-1-2-4-17/h5-11,14,17H,1-4,12H2,(H,27,28,29). The molecule has 0 amide bonds. The van der Waals surface area contributed by atoms with E-state index in [1.54, 1.807) is 29.8 Å². The van der Waals surface area contributed by atoms with Crippen molar-refractivity contribution in [1.29, 1.82) is 5.26 Å². The Balaban J connectivity index is 1.46. The zero-order valence-electron chi connectivity index (χ0n) is 16.4. The van der Waals surface area contributed by atoms with Crippen molar-refractivity contribution in [3.8, 4) is 17.5 Å². The average molecular weight is 413 g/mol. The summed E-state index contributed by atoms with van der Waals surface area (Å²) >= 11 is 1.68. The Bertz CT molecular complexity index is 1220. The van der Waals surface area contributed by atoms with Gasteiger partial charge in [-0.3, -0.25) is 9.97 Å². The number of hydrogen-bond acceptors (Lipinski definition) is 7. The molecule has 4 aromatic rings. The molecule has 4 heterocycles. The fourth-order valence-electron chi connectivity index (χ4n) is 3.85. The molecular formula is C23H20N6S. The van der Waals surface area contributed by atoms with E-state index in [-0.39, 0.29) is 0 Å². The highest BCUT2D eigenvalue weighted by atomic mass is 32.1. The SMILES string of the molecule is N#Cc1ccc(Cc2cc(-c3nc(NC4CCCC4)c4sccc4n3)ccn2)nc1. The van der Waals surface area contributed by atoms with Gasteiger partial charge in [0.2, 0.25) is 0 Å². The minimum atomic E-state index is 0.494. The van der Waals surface area contributed by atoms with Gasteiger partial charge in [0, 0.05) is 41.8 Å². The highest BCUT2D eigenvalue weighted by molar-refractivity contribution is 7.17. The molecule has 0 radical (unpaired) electrons. The van der Waals surface area contributed by atoms with E-state index in [0.29, 0.717) is 23.9 Å². The van der Waals surface area contributed by atoms with Gasteiger partial charge in [-0.05, 0) is 48.6 Å². The Morgan fingerprint density at radius 3 is 2.77 bits per heavy atom. The summed E-state index contributed by atoms with van der Waals surface area (Å²) in [5.41, 5.74) is 4.23. The molecule has 0 aliphatic heterocycles. The van der Waals surface area contributed by atoms with Crippen molar-refractivity contribution in [3.63, 3.8) is 0 Å². The number of hydrogen-bond donors (Lipinski definition) is 1. The zero-order valence-corrected chi connectivity index (χ0v) is 17.2. The van der Waals surface area contributed by atoms with E-state index < -0.39 is 0 Å². The molecular weight excluding hydrogens is 392 g/mol. The van der Waals surface area contributed by atoms with Crippen molar-refractivity contribution in [2.45, 2.75) is 38.1 Å². The van der Waals surface area contributed by atoms with Crippen LogP contribution in [0.4, 0.5) is 5.82 Å². The van der Waals surface area contributed by atoms with Crippen molar-refractivity contribution in [3.05, 3.63) is 65.1 Å². The van der Waals surface area contributed by atoms with Crippen LogP contribution in [0, 0.1) is 11.3 Å². The second kappa shape index (κ2) is 8.17. The Morgan fingerprint density at radius 1 is 1.07 bits per heavy atom. The topological polar surface area (TPSA) is 87.4 Å². The maximum Gasteiger partial charge on any atom is 0.162 e. The first kappa shape index (κ1) is 18.6. The number of nitrogens with zero attached hydrogens (tertiary/aromatic N) is 5. The molecule has 0 atom stereocenters. The van der Waals surface area contributed by atoms with Crippen LogP contribution < -0.4 is 5.32 Å². The second-order valence-corrected chi connectivity index (χ2v) is 8.44. The molecule has 4 aromatic heterocycles. The fraction of sp³-hybridized carbons (Fsp3) is 0.261. The van der Waals surface area contributed by atoms with Crippen LogP contribution in [0.15, 0.2) is 48.1 Å². The van der Waals surface area contributed by atoms with Gasteiger partial charge in [-0.1, -0.05) is 12.8 Å². The Labute approximate surface area is 178 Å². The summed E-state index contributed by atoms with van der Waals surface area (Å²) in [7, 11) is 0. The monoisotopic (exact) mass is 412 g/mol. The third kappa shape index (κ3) is 3.87. The van der Waals surface area contributed by atoms with Crippen LogP contribution in [0.5, 0.6) is 0 Å². The summed E-state index contributed by atoms with van der Waals surface area (Å²) in [6.07, 6.45) is 8.92. The lowest BCUT2D eigenvalue weighted by molar-refractivity contribution is 0.752. The molecule has 1 aliphatic rings.